The Morgan fingerprint density at radius 3 is 1.35 bits per heavy atom. The maximum atomic E-state index is 15.6. The highest BCUT2D eigenvalue weighted by atomic mass is 19.4. The van der Waals surface area contributed by atoms with Gasteiger partial charge in [0.2, 0.25) is 0 Å². The van der Waals surface area contributed by atoms with Gasteiger partial charge in [-0.15, -0.1) is 0 Å². The van der Waals surface area contributed by atoms with Crippen LogP contribution in [-0.2, 0) is 6.18 Å². The molecule has 0 saturated heterocycles. The summed E-state index contributed by atoms with van der Waals surface area (Å²) in [5, 5.41) is 33.5. The smallest absolute Gasteiger partial charge is 0.309 e. The minimum atomic E-state index is -4.76. The predicted molar refractivity (Wildman–Crippen MR) is 231 cm³/mol. The molecule has 0 spiro atoms. The molecule has 0 unspecified atom stereocenters. The van der Waals surface area contributed by atoms with Gasteiger partial charge in [-0.25, -0.2) is 0 Å². The number of hydrogen-bond acceptors (Lipinski definition) is 3. The number of benzene rings is 8. The molecule has 5 nitrogen and oxygen atoms in total. The van der Waals surface area contributed by atoms with Crippen LogP contribution in [0.1, 0.15) is 22.3 Å². The summed E-state index contributed by atoms with van der Waals surface area (Å²) >= 11 is 0. The highest BCUT2D eigenvalue weighted by Gasteiger charge is 2.34. The highest BCUT2D eigenvalue weighted by Crippen LogP contribution is 2.46. The molecule has 0 amide bonds. The number of rotatable bonds is 5. The second-order valence-electron chi connectivity index (χ2n) is 14.6. The van der Waals surface area contributed by atoms with Gasteiger partial charge in [0, 0.05) is 27.1 Å². The first kappa shape index (κ1) is 36.0. The van der Waals surface area contributed by atoms with E-state index in [2.05, 4.69) is 18.2 Å². The third-order valence-corrected chi connectivity index (χ3v) is 11.3. The highest BCUT2D eigenvalue weighted by molar-refractivity contribution is 6.13. The summed E-state index contributed by atoms with van der Waals surface area (Å²) in [5.41, 5.74) is 7.45. The van der Waals surface area contributed by atoms with Crippen LogP contribution in [0.3, 0.4) is 0 Å². The van der Waals surface area contributed by atoms with Crippen molar-refractivity contribution in [2.24, 2.45) is 0 Å². The average Bonchev–Trinajstić information content (AvgIpc) is 3.80. The van der Waals surface area contributed by atoms with Gasteiger partial charge in [-0.05, 0) is 88.5 Å². The van der Waals surface area contributed by atoms with Gasteiger partial charge in [0.15, 0.2) is 0 Å². The zero-order valence-corrected chi connectivity index (χ0v) is 31.5. The Hall–Kier alpha value is -8.38. The SMILES string of the molecule is N#Cc1cccc(-c2c(-n3c4ccccc4c4ccc(-c5ccccc5C#N)cc43)cc(C(F)(F)F)cc2-n2c3ccccc3c3ccc(-c4ccccc4C#N)cc32)c1. The molecular weight excluding hydrogens is 752 g/mol. The maximum Gasteiger partial charge on any atom is 0.416 e. The number of fused-ring (bicyclic) bond motifs is 6. The molecule has 2 aromatic heterocycles. The van der Waals surface area contributed by atoms with Crippen LogP contribution in [0.15, 0.2) is 170 Å². The topological polar surface area (TPSA) is 81.2 Å². The molecular formula is C52H28F3N5. The monoisotopic (exact) mass is 779 g/mol. The van der Waals surface area contributed by atoms with E-state index in [1.165, 1.54) is 12.1 Å². The lowest BCUT2D eigenvalue weighted by atomic mass is 9.96. The Labute approximate surface area is 341 Å². The molecule has 2 heterocycles. The normalized spacial score (nSPS) is 11.5. The zero-order chi connectivity index (χ0) is 41.1. The molecule has 0 atom stereocenters. The Bertz CT molecular complexity index is 3330. The molecule has 8 aromatic carbocycles. The number of hydrogen-bond donors (Lipinski definition) is 0. The summed E-state index contributed by atoms with van der Waals surface area (Å²) < 4.78 is 50.4. The number of halogens is 3. The minimum Gasteiger partial charge on any atom is -0.309 e. The summed E-state index contributed by atoms with van der Waals surface area (Å²) in [4.78, 5) is 0. The Balaban J connectivity index is 1.40. The molecule has 0 radical (unpaired) electrons. The van der Waals surface area contributed by atoms with Crippen LogP contribution in [0.5, 0.6) is 0 Å². The van der Waals surface area contributed by atoms with Crippen molar-refractivity contribution in [1.29, 1.82) is 15.8 Å². The Kier molecular flexibility index (Phi) is 8.35. The molecule has 0 fully saturated rings. The first-order valence-corrected chi connectivity index (χ1v) is 19.1. The van der Waals surface area contributed by atoms with E-state index in [4.69, 9.17) is 0 Å². The summed E-state index contributed by atoms with van der Waals surface area (Å²) in [7, 11) is 0. The molecule has 8 heteroatoms. The van der Waals surface area contributed by atoms with E-state index in [0.29, 0.717) is 61.0 Å². The van der Waals surface area contributed by atoms with Gasteiger partial charge < -0.3 is 9.13 Å². The molecule has 0 bridgehead atoms. The van der Waals surface area contributed by atoms with Gasteiger partial charge in [-0.2, -0.15) is 29.0 Å². The van der Waals surface area contributed by atoms with E-state index in [-0.39, 0.29) is 11.4 Å². The average molecular weight is 780 g/mol. The largest absolute Gasteiger partial charge is 0.416 e. The number of nitrogens with zero attached hydrogens (tertiary/aromatic N) is 5. The summed E-state index contributed by atoms with van der Waals surface area (Å²) in [6.07, 6.45) is -4.76. The lowest BCUT2D eigenvalue weighted by Crippen LogP contribution is -2.11. The van der Waals surface area contributed by atoms with Crippen LogP contribution in [0.4, 0.5) is 13.2 Å². The number of aromatic nitrogens is 2. The van der Waals surface area contributed by atoms with Gasteiger partial charge in [0.25, 0.3) is 0 Å². The van der Waals surface area contributed by atoms with E-state index in [1.54, 1.807) is 42.5 Å². The van der Waals surface area contributed by atoms with Crippen LogP contribution in [0.25, 0.3) is 88.4 Å². The molecule has 0 N–H and O–H groups in total. The maximum absolute atomic E-state index is 15.6. The van der Waals surface area contributed by atoms with E-state index in [9.17, 15) is 15.8 Å². The second-order valence-corrected chi connectivity index (χ2v) is 14.6. The fourth-order valence-corrected chi connectivity index (χ4v) is 8.63. The number of nitriles is 3. The van der Waals surface area contributed by atoms with Crippen LogP contribution in [0, 0.1) is 34.0 Å². The van der Waals surface area contributed by atoms with Crippen LogP contribution in [-0.4, -0.2) is 9.13 Å². The van der Waals surface area contributed by atoms with Crippen molar-refractivity contribution in [1.82, 2.24) is 9.13 Å². The molecule has 0 aliphatic rings. The molecule has 10 aromatic rings. The Morgan fingerprint density at radius 1 is 0.400 bits per heavy atom. The summed E-state index contributed by atoms with van der Waals surface area (Å²) in [5.74, 6) is 0. The standard InChI is InChI=1S/C52H28F3N5/c53-52(54,55)38-27-49(59-45-18-7-5-16-41(45)43-22-20-33(25-47(43)59)39-14-3-1-11-36(39)30-57)51(35-13-9-10-32(24-35)29-56)50(28-38)60-46-19-8-6-17-42(46)44-23-21-34(26-48(44)60)40-15-4-2-12-37(40)31-58/h1-28H. The first-order chi connectivity index (χ1) is 29.3. The minimum absolute atomic E-state index is 0.253. The van der Waals surface area contributed by atoms with E-state index in [1.807, 2.05) is 124 Å². The summed E-state index contributed by atoms with van der Waals surface area (Å²) in [6, 6.07) is 57.5. The van der Waals surface area contributed by atoms with Crippen molar-refractivity contribution in [2.75, 3.05) is 0 Å². The van der Waals surface area contributed by atoms with Crippen LogP contribution >= 0.6 is 0 Å². The molecule has 0 aliphatic heterocycles. The van der Waals surface area contributed by atoms with Crippen molar-refractivity contribution in [3.63, 3.8) is 0 Å². The first-order valence-electron chi connectivity index (χ1n) is 19.1. The predicted octanol–water partition coefficient (Wildman–Crippen LogP) is 13.5. The van der Waals surface area contributed by atoms with E-state index < -0.39 is 11.7 Å². The molecule has 60 heavy (non-hydrogen) atoms. The molecule has 282 valence electrons. The quantitative estimate of drug-likeness (QED) is 0.174. The van der Waals surface area contributed by atoms with Crippen molar-refractivity contribution in [3.8, 4) is 63.0 Å². The fourth-order valence-electron chi connectivity index (χ4n) is 8.63. The van der Waals surface area contributed by atoms with Crippen LogP contribution in [0.2, 0.25) is 0 Å². The zero-order valence-electron chi connectivity index (χ0n) is 31.5. The van der Waals surface area contributed by atoms with Gasteiger partial charge in [-0.1, -0.05) is 109 Å². The van der Waals surface area contributed by atoms with E-state index in [0.717, 1.165) is 32.7 Å². The van der Waals surface area contributed by atoms with Crippen molar-refractivity contribution in [3.05, 3.63) is 192 Å². The number of alkyl halides is 3. The molecule has 0 aliphatic carbocycles. The van der Waals surface area contributed by atoms with Crippen molar-refractivity contribution >= 4 is 43.6 Å². The van der Waals surface area contributed by atoms with Gasteiger partial charge >= 0.3 is 6.18 Å². The second kappa shape index (κ2) is 13.9. The number of para-hydroxylation sites is 2. The lowest BCUT2D eigenvalue weighted by Gasteiger charge is -2.23. The summed E-state index contributed by atoms with van der Waals surface area (Å²) in [6.45, 7) is 0. The molecule has 0 saturated carbocycles. The van der Waals surface area contributed by atoms with E-state index >= 15 is 13.2 Å². The molecule has 10 rings (SSSR count). The van der Waals surface area contributed by atoms with Crippen molar-refractivity contribution in [2.45, 2.75) is 6.18 Å². The van der Waals surface area contributed by atoms with Gasteiger partial charge in [0.05, 0.1) is 73.9 Å². The van der Waals surface area contributed by atoms with Crippen molar-refractivity contribution < 1.29 is 13.2 Å². The third kappa shape index (κ3) is 5.69. The van der Waals surface area contributed by atoms with Gasteiger partial charge in [-0.3, -0.25) is 0 Å². The van der Waals surface area contributed by atoms with Gasteiger partial charge in [0.1, 0.15) is 0 Å². The fraction of sp³-hybridized carbons (Fsp3) is 0.0192. The lowest BCUT2D eigenvalue weighted by molar-refractivity contribution is -0.137. The van der Waals surface area contributed by atoms with Crippen LogP contribution < -0.4 is 0 Å². The Morgan fingerprint density at radius 2 is 0.867 bits per heavy atom. The third-order valence-electron chi connectivity index (χ3n) is 11.3.